The van der Waals surface area contributed by atoms with Crippen LogP contribution in [0.4, 0.5) is 11.5 Å². The van der Waals surface area contributed by atoms with Crippen molar-refractivity contribution < 1.29 is 4.92 Å². The first kappa shape index (κ1) is 13.7. The maximum absolute atomic E-state index is 10.6. The summed E-state index contributed by atoms with van der Waals surface area (Å²) >= 11 is 2.12. The van der Waals surface area contributed by atoms with Crippen LogP contribution >= 0.6 is 22.6 Å². The maximum Gasteiger partial charge on any atom is 0.269 e. The first-order valence-electron chi connectivity index (χ1n) is 5.59. The molecule has 0 saturated carbocycles. The maximum atomic E-state index is 10.6. The molecule has 1 aromatic heterocycles. The molecule has 0 unspecified atom stereocenters. The molecule has 0 saturated heterocycles. The molecule has 0 bridgehead atoms. The van der Waals surface area contributed by atoms with Crippen molar-refractivity contribution in [1.29, 1.82) is 0 Å². The van der Waals surface area contributed by atoms with Crippen molar-refractivity contribution in [2.24, 2.45) is 0 Å². The first-order chi connectivity index (χ1) is 9.02. The number of aryl methyl sites for hydroxylation is 1. The quantitative estimate of drug-likeness (QED) is 0.509. The van der Waals surface area contributed by atoms with Crippen LogP contribution in [0.1, 0.15) is 12.6 Å². The molecule has 0 fully saturated rings. The van der Waals surface area contributed by atoms with Crippen LogP contribution in [-0.4, -0.2) is 14.9 Å². The molecule has 0 radical (unpaired) electrons. The van der Waals surface area contributed by atoms with Gasteiger partial charge in [-0.3, -0.25) is 10.1 Å². The summed E-state index contributed by atoms with van der Waals surface area (Å²) in [6, 6.07) is 6.11. The number of nitro benzene ring substituents is 1. The minimum Gasteiger partial charge on any atom is -0.383 e. The van der Waals surface area contributed by atoms with Crippen molar-refractivity contribution in [2.75, 3.05) is 5.73 Å². The minimum absolute atomic E-state index is 0.0398. The second-order valence-corrected chi connectivity index (χ2v) is 4.93. The molecule has 0 aliphatic rings. The third-order valence-electron chi connectivity index (χ3n) is 2.62. The Morgan fingerprint density at radius 3 is 2.47 bits per heavy atom. The van der Waals surface area contributed by atoms with E-state index in [1.54, 1.807) is 12.1 Å². The Balaban J connectivity index is 2.47. The highest BCUT2D eigenvalue weighted by Crippen LogP contribution is 2.24. The fourth-order valence-corrected chi connectivity index (χ4v) is 2.23. The number of benzene rings is 1. The van der Waals surface area contributed by atoms with Gasteiger partial charge in [0.25, 0.3) is 5.69 Å². The van der Waals surface area contributed by atoms with E-state index in [0.29, 0.717) is 17.2 Å². The second kappa shape index (κ2) is 5.47. The molecule has 2 aromatic rings. The van der Waals surface area contributed by atoms with Gasteiger partial charge in [0, 0.05) is 17.7 Å². The van der Waals surface area contributed by atoms with E-state index in [0.717, 1.165) is 15.7 Å². The van der Waals surface area contributed by atoms with E-state index >= 15 is 0 Å². The summed E-state index contributed by atoms with van der Waals surface area (Å²) in [5, 5.41) is 10.6. The van der Waals surface area contributed by atoms with Gasteiger partial charge in [0.2, 0.25) is 0 Å². The van der Waals surface area contributed by atoms with Crippen LogP contribution in [0.25, 0.3) is 11.4 Å². The lowest BCUT2D eigenvalue weighted by molar-refractivity contribution is -0.384. The van der Waals surface area contributed by atoms with Gasteiger partial charge in [0.15, 0.2) is 5.82 Å². The van der Waals surface area contributed by atoms with Gasteiger partial charge >= 0.3 is 0 Å². The number of nitrogen functional groups attached to an aromatic ring is 1. The third kappa shape index (κ3) is 2.80. The summed E-state index contributed by atoms with van der Waals surface area (Å²) in [7, 11) is 0. The molecule has 2 N–H and O–H groups in total. The molecule has 6 nitrogen and oxygen atoms in total. The predicted octanol–water partition coefficient (Wildman–Crippen LogP) is 2.80. The first-order valence-corrected chi connectivity index (χ1v) is 6.67. The van der Waals surface area contributed by atoms with Gasteiger partial charge in [-0.25, -0.2) is 9.97 Å². The average molecular weight is 370 g/mol. The average Bonchev–Trinajstić information content (AvgIpc) is 2.41. The number of nitrogens with zero attached hydrogens (tertiary/aromatic N) is 3. The molecule has 0 aliphatic heterocycles. The Morgan fingerprint density at radius 1 is 1.32 bits per heavy atom. The Labute approximate surface area is 123 Å². The van der Waals surface area contributed by atoms with Gasteiger partial charge in [-0.2, -0.15) is 0 Å². The van der Waals surface area contributed by atoms with Crippen LogP contribution < -0.4 is 5.73 Å². The molecule has 0 aliphatic carbocycles. The van der Waals surface area contributed by atoms with Crippen molar-refractivity contribution in [3.63, 3.8) is 0 Å². The highest BCUT2D eigenvalue weighted by Gasteiger charge is 2.11. The third-order valence-corrected chi connectivity index (χ3v) is 3.79. The number of rotatable bonds is 3. The minimum atomic E-state index is -0.440. The fourth-order valence-electron chi connectivity index (χ4n) is 1.61. The molecule has 98 valence electrons. The van der Waals surface area contributed by atoms with Crippen molar-refractivity contribution >= 4 is 34.1 Å². The summed E-state index contributed by atoms with van der Waals surface area (Å²) in [6.45, 7) is 1.99. The van der Waals surface area contributed by atoms with Crippen LogP contribution in [0, 0.1) is 13.7 Å². The number of anilines is 1. The van der Waals surface area contributed by atoms with E-state index in [2.05, 4.69) is 32.6 Å². The number of hydrogen-bond acceptors (Lipinski definition) is 5. The largest absolute Gasteiger partial charge is 0.383 e. The number of halogens is 1. The van der Waals surface area contributed by atoms with Gasteiger partial charge in [0.1, 0.15) is 5.82 Å². The van der Waals surface area contributed by atoms with E-state index in [9.17, 15) is 10.1 Å². The summed E-state index contributed by atoms with van der Waals surface area (Å²) in [5.74, 6) is 0.922. The van der Waals surface area contributed by atoms with Crippen molar-refractivity contribution in [1.82, 2.24) is 9.97 Å². The molecule has 1 heterocycles. The highest BCUT2D eigenvalue weighted by molar-refractivity contribution is 14.1. The molecule has 1 aromatic carbocycles. The van der Waals surface area contributed by atoms with Crippen molar-refractivity contribution in [3.05, 3.63) is 43.6 Å². The second-order valence-electron chi connectivity index (χ2n) is 3.85. The van der Waals surface area contributed by atoms with Crippen LogP contribution in [0.3, 0.4) is 0 Å². The number of nitro groups is 1. The standard InChI is InChI=1S/C12H11IN4O2/c1-2-9-10(13)11(14)16-12(15-9)7-3-5-8(6-4-7)17(18)19/h3-6H,2H2,1H3,(H2,14,15,16). The van der Waals surface area contributed by atoms with Crippen molar-refractivity contribution in [3.8, 4) is 11.4 Å². The Kier molecular flexibility index (Phi) is 3.93. The Bertz CT molecular complexity index is 628. The molecule has 2 rings (SSSR count). The van der Waals surface area contributed by atoms with E-state index in [1.807, 2.05) is 6.92 Å². The predicted molar refractivity (Wildman–Crippen MR) is 80.6 cm³/mol. The zero-order valence-corrected chi connectivity index (χ0v) is 12.3. The van der Waals surface area contributed by atoms with Crippen molar-refractivity contribution in [2.45, 2.75) is 13.3 Å². The Hall–Kier alpha value is -1.77. The smallest absolute Gasteiger partial charge is 0.269 e. The van der Waals surface area contributed by atoms with E-state index in [1.165, 1.54) is 12.1 Å². The lowest BCUT2D eigenvalue weighted by Crippen LogP contribution is -2.04. The Morgan fingerprint density at radius 2 is 1.95 bits per heavy atom. The van der Waals surface area contributed by atoms with Gasteiger partial charge in [0.05, 0.1) is 14.2 Å². The zero-order valence-electron chi connectivity index (χ0n) is 10.1. The normalized spacial score (nSPS) is 10.4. The van der Waals surface area contributed by atoms with E-state index in [4.69, 9.17) is 5.73 Å². The molecule has 0 atom stereocenters. The summed E-state index contributed by atoms with van der Waals surface area (Å²) in [5.41, 5.74) is 7.47. The molecular weight excluding hydrogens is 359 g/mol. The lowest BCUT2D eigenvalue weighted by atomic mass is 10.2. The molecule has 19 heavy (non-hydrogen) atoms. The topological polar surface area (TPSA) is 94.9 Å². The molecular formula is C12H11IN4O2. The van der Waals surface area contributed by atoms with E-state index < -0.39 is 4.92 Å². The SMILES string of the molecule is CCc1nc(-c2ccc([N+](=O)[O-])cc2)nc(N)c1I. The van der Waals surface area contributed by atoms with Crippen LogP contribution in [0.2, 0.25) is 0 Å². The number of nitrogens with two attached hydrogens (primary N) is 1. The summed E-state index contributed by atoms with van der Waals surface area (Å²) < 4.78 is 0.853. The molecule has 7 heteroatoms. The van der Waals surface area contributed by atoms with Gasteiger partial charge in [-0.1, -0.05) is 6.92 Å². The van der Waals surface area contributed by atoms with Gasteiger partial charge in [-0.05, 0) is 41.1 Å². The van der Waals surface area contributed by atoms with Crippen LogP contribution in [-0.2, 0) is 6.42 Å². The molecule has 0 amide bonds. The highest BCUT2D eigenvalue weighted by atomic mass is 127. The van der Waals surface area contributed by atoms with Crippen LogP contribution in [0.15, 0.2) is 24.3 Å². The summed E-state index contributed by atoms with van der Waals surface area (Å²) in [6.07, 6.45) is 0.755. The molecule has 0 spiro atoms. The van der Waals surface area contributed by atoms with Gasteiger partial charge < -0.3 is 5.73 Å². The zero-order chi connectivity index (χ0) is 14.0. The summed E-state index contributed by atoms with van der Waals surface area (Å²) in [4.78, 5) is 18.8. The van der Waals surface area contributed by atoms with Gasteiger partial charge in [-0.15, -0.1) is 0 Å². The lowest BCUT2D eigenvalue weighted by Gasteiger charge is -2.07. The number of non-ortho nitro benzene ring substituents is 1. The monoisotopic (exact) mass is 370 g/mol. The fraction of sp³-hybridized carbons (Fsp3) is 0.167. The number of aromatic nitrogens is 2. The van der Waals surface area contributed by atoms with Crippen LogP contribution in [0.5, 0.6) is 0 Å². The van der Waals surface area contributed by atoms with E-state index in [-0.39, 0.29) is 5.69 Å². The number of hydrogen-bond donors (Lipinski definition) is 1.